The molecule has 0 radical (unpaired) electrons. The largest absolute Gasteiger partial charge is 0.383 e. The minimum absolute atomic E-state index is 0.265. The Labute approximate surface area is 88.8 Å². The van der Waals surface area contributed by atoms with Crippen LogP contribution in [0.15, 0.2) is 18.3 Å². The molecule has 84 valence electrons. The van der Waals surface area contributed by atoms with Gasteiger partial charge in [-0.1, -0.05) is 6.07 Å². The van der Waals surface area contributed by atoms with E-state index in [1.54, 1.807) is 25.3 Å². The van der Waals surface area contributed by atoms with Crippen LogP contribution in [0, 0.1) is 0 Å². The Bertz CT molecular complexity index is 324. The lowest BCUT2D eigenvalue weighted by atomic mass is 9.96. The number of nitrogen functional groups attached to an aromatic ring is 1. The maximum absolute atomic E-state index is 10.3. The molecule has 1 aromatic heterocycles. The Morgan fingerprint density at radius 3 is 2.53 bits per heavy atom. The number of aromatic nitrogens is 1. The first-order valence-electron chi connectivity index (χ1n) is 4.53. The Balaban J connectivity index is 3.09. The summed E-state index contributed by atoms with van der Waals surface area (Å²) in [6.07, 6.45) is 0.771. The predicted molar refractivity (Wildman–Crippen MR) is 56.0 cm³/mol. The molecular formula is C10H16N2O3. The summed E-state index contributed by atoms with van der Waals surface area (Å²) in [5, 5.41) is 10.3. The van der Waals surface area contributed by atoms with Gasteiger partial charge < -0.3 is 20.3 Å². The summed E-state index contributed by atoms with van der Waals surface area (Å²) in [7, 11) is 2.91. The van der Waals surface area contributed by atoms with E-state index in [0.29, 0.717) is 5.56 Å². The second kappa shape index (κ2) is 4.57. The first-order chi connectivity index (χ1) is 7.04. The average molecular weight is 212 g/mol. The molecule has 5 heteroatoms. The van der Waals surface area contributed by atoms with Crippen LogP contribution in [0.4, 0.5) is 5.82 Å². The SMILES string of the molecule is COC(OC)C(C)(O)c1cccnc1N. The highest BCUT2D eigenvalue weighted by molar-refractivity contribution is 5.42. The summed E-state index contributed by atoms with van der Waals surface area (Å²) in [4.78, 5) is 3.90. The smallest absolute Gasteiger partial charge is 0.189 e. The van der Waals surface area contributed by atoms with Crippen molar-refractivity contribution in [1.29, 1.82) is 0 Å². The van der Waals surface area contributed by atoms with Crippen LogP contribution < -0.4 is 5.73 Å². The first kappa shape index (κ1) is 11.9. The summed E-state index contributed by atoms with van der Waals surface area (Å²) < 4.78 is 10.0. The van der Waals surface area contributed by atoms with Crippen molar-refractivity contribution < 1.29 is 14.6 Å². The lowest BCUT2D eigenvalue weighted by molar-refractivity contribution is -0.212. The van der Waals surface area contributed by atoms with E-state index in [1.165, 1.54) is 14.2 Å². The van der Waals surface area contributed by atoms with E-state index in [0.717, 1.165) is 0 Å². The predicted octanol–water partition coefficient (Wildman–Crippen LogP) is 0.490. The third-order valence-corrected chi connectivity index (χ3v) is 2.27. The molecule has 1 atom stereocenters. The summed E-state index contributed by atoms with van der Waals surface area (Å²) in [5.74, 6) is 0.265. The van der Waals surface area contributed by atoms with Gasteiger partial charge in [-0.05, 0) is 13.0 Å². The lowest BCUT2D eigenvalue weighted by Crippen LogP contribution is -2.40. The maximum atomic E-state index is 10.3. The molecule has 0 fully saturated rings. The van der Waals surface area contributed by atoms with E-state index in [-0.39, 0.29) is 5.82 Å². The van der Waals surface area contributed by atoms with Crippen molar-refractivity contribution in [3.8, 4) is 0 Å². The molecule has 5 nitrogen and oxygen atoms in total. The zero-order chi connectivity index (χ0) is 11.5. The fourth-order valence-electron chi connectivity index (χ4n) is 1.53. The molecule has 1 aromatic rings. The van der Waals surface area contributed by atoms with Gasteiger partial charge in [0.1, 0.15) is 11.4 Å². The second-order valence-electron chi connectivity index (χ2n) is 3.39. The van der Waals surface area contributed by atoms with Crippen molar-refractivity contribution in [3.05, 3.63) is 23.9 Å². The Kier molecular flexibility index (Phi) is 3.62. The Morgan fingerprint density at radius 2 is 2.07 bits per heavy atom. The summed E-state index contributed by atoms with van der Waals surface area (Å²) in [5.41, 5.74) is 4.83. The van der Waals surface area contributed by atoms with Crippen molar-refractivity contribution in [3.63, 3.8) is 0 Å². The molecule has 0 amide bonds. The van der Waals surface area contributed by atoms with Gasteiger partial charge in [-0.25, -0.2) is 4.98 Å². The third-order valence-electron chi connectivity index (χ3n) is 2.27. The van der Waals surface area contributed by atoms with Gasteiger partial charge in [-0.3, -0.25) is 0 Å². The van der Waals surface area contributed by atoms with Gasteiger partial charge in [-0.15, -0.1) is 0 Å². The maximum Gasteiger partial charge on any atom is 0.189 e. The molecule has 0 aliphatic rings. The van der Waals surface area contributed by atoms with Crippen molar-refractivity contribution in [2.75, 3.05) is 20.0 Å². The van der Waals surface area contributed by atoms with E-state index in [1.807, 2.05) is 0 Å². The third kappa shape index (κ3) is 2.26. The van der Waals surface area contributed by atoms with E-state index >= 15 is 0 Å². The number of anilines is 1. The highest BCUT2D eigenvalue weighted by Crippen LogP contribution is 2.29. The molecule has 0 saturated heterocycles. The van der Waals surface area contributed by atoms with E-state index in [9.17, 15) is 5.11 Å². The molecule has 0 aliphatic carbocycles. The van der Waals surface area contributed by atoms with Crippen LogP contribution in [-0.2, 0) is 15.1 Å². The molecule has 0 bridgehead atoms. The Hall–Kier alpha value is -1.17. The molecule has 0 aromatic carbocycles. The fourth-order valence-corrected chi connectivity index (χ4v) is 1.53. The van der Waals surface area contributed by atoms with Crippen LogP contribution in [0.25, 0.3) is 0 Å². The molecule has 1 rings (SSSR count). The molecule has 15 heavy (non-hydrogen) atoms. The zero-order valence-corrected chi connectivity index (χ0v) is 9.10. The van der Waals surface area contributed by atoms with Gasteiger partial charge >= 0.3 is 0 Å². The summed E-state index contributed by atoms with van der Waals surface area (Å²) in [6, 6.07) is 3.38. The van der Waals surface area contributed by atoms with Crippen LogP contribution in [0.5, 0.6) is 0 Å². The number of ether oxygens (including phenoxy) is 2. The number of nitrogens with two attached hydrogens (primary N) is 1. The molecule has 3 N–H and O–H groups in total. The zero-order valence-electron chi connectivity index (χ0n) is 9.10. The van der Waals surface area contributed by atoms with Crippen molar-refractivity contribution in [2.24, 2.45) is 0 Å². The number of aliphatic hydroxyl groups is 1. The van der Waals surface area contributed by atoms with Gasteiger partial charge in [0, 0.05) is 26.0 Å². The molecular weight excluding hydrogens is 196 g/mol. The van der Waals surface area contributed by atoms with Crippen LogP contribution >= 0.6 is 0 Å². The molecule has 1 unspecified atom stereocenters. The van der Waals surface area contributed by atoms with Gasteiger partial charge in [0.15, 0.2) is 6.29 Å². The fraction of sp³-hybridized carbons (Fsp3) is 0.500. The second-order valence-corrected chi connectivity index (χ2v) is 3.39. The van der Waals surface area contributed by atoms with Gasteiger partial charge in [0.05, 0.1) is 0 Å². The normalized spacial score (nSPS) is 15.3. The van der Waals surface area contributed by atoms with Gasteiger partial charge in [-0.2, -0.15) is 0 Å². The topological polar surface area (TPSA) is 77.6 Å². The Morgan fingerprint density at radius 1 is 1.47 bits per heavy atom. The van der Waals surface area contributed by atoms with Crippen LogP contribution in [0.3, 0.4) is 0 Å². The quantitative estimate of drug-likeness (QED) is 0.710. The molecule has 0 spiro atoms. The van der Waals surface area contributed by atoms with E-state index in [4.69, 9.17) is 15.2 Å². The van der Waals surface area contributed by atoms with Gasteiger partial charge in [0.2, 0.25) is 0 Å². The number of methoxy groups -OCH3 is 2. The van der Waals surface area contributed by atoms with Crippen LogP contribution in [-0.4, -0.2) is 30.6 Å². The van der Waals surface area contributed by atoms with Crippen LogP contribution in [0.2, 0.25) is 0 Å². The minimum Gasteiger partial charge on any atom is -0.383 e. The molecule has 0 saturated carbocycles. The highest BCUT2D eigenvalue weighted by atomic mass is 16.7. The van der Waals surface area contributed by atoms with Crippen LogP contribution in [0.1, 0.15) is 12.5 Å². The average Bonchev–Trinajstić information content (AvgIpc) is 2.19. The minimum atomic E-state index is -1.33. The molecule has 0 aliphatic heterocycles. The standard InChI is InChI=1S/C10H16N2O3/c1-10(13,9(14-2)15-3)7-5-4-6-12-8(7)11/h4-6,9,13H,1-3H3,(H2,11,12). The highest BCUT2D eigenvalue weighted by Gasteiger charge is 2.36. The number of hydrogen-bond donors (Lipinski definition) is 2. The van der Waals surface area contributed by atoms with Crippen molar-refractivity contribution in [1.82, 2.24) is 4.98 Å². The number of rotatable bonds is 4. The van der Waals surface area contributed by atoms with Gasteiger partial charge in [0.25, 0.3) is 0 Å². The van der Waals surface area contributed by atoms with E-state index in [2.05, 4.69) is 4.98 Å². The number of hydrogen-bond acceptors (Lipinski definition) is 5. The van der Waals surface area contributed by atoms with E-state index < -0.39 is 11.9 Å². The van der Waals surface area contributed by atoms with Crippen molar-refractivity contribution >= 4 is 5.82 Å². The number of pyridine rings is 1. The monoisotopic (exact) mass is 212 g/mol. The van der Waals surface area contributed by atoms with Crippen molar-refractivity contribution in [2.45, 2.75) is 18.8 Å². The first-order valence-corrected chi connectivity index (χ1v) is 4.53. The summed E-state index contributed by atoms with van der Waals surface area (Å²) >= 11 is 0. The lowest BCUT2D eigenvalue weighted by Gasteiger charge is -2.31. The molecule has 1 heterocycles. The summed E-state index contributed by atoms with van der Waals surface area (Å²) in [6.45, 7) is 1.57. The number of nitrogens with zero attached hydrogens (tertiary/aromatic N) is 1.